The Balaban J connectivity index is 1.49. The summed E-state index contributed by atoms with van der Waals surface area (Å²) in [4.78, 5) is 0. The Morgan fingerprint density at radius 1 is 1.11 bits per heavy atom. The lowest BCUT2D eigenvalue weighted by Crippen LogP contribution is -1.97. The van der Waals surface area contributed by atoms with Crippen LogP contribution in [0.25, 0.3) is 22.6 Å². The highest BCUT2D eigenvalue weighted by molar-refractivity contribution is 6.31. The molecule has 0 saturated heterocycles. The summed E-state index contributed by atoms with van der Waals surface area (Å²) in [5.41, 5.74) is 4.98. The molecule has 2 heterocycles. The van der Waals surface area contributed by atoms with E-state index < -0.39 is 0 Å². The van der Waals surface area contributed by atoms with Gasteiger partial charge in [0.2, 0.25) is 0 Å². The summed E-state index contributed by atoms with van der Waals surface area (Å²) in [6.45, 7) is 0.924. The Hall–Kier alpha value is -4.34. The van der Waals surface area contributed by atoms with Crippen molar-refractivity contribution >= 4 is 34.2 Å². The summed E-state index contributed by atoms with van der Waals surface area (Å²) in [6, 6.07) is 21.9. The summed E-state index contributed by atoms with van der Waals surface area (Å²) in [7, 11) is 0. The van der Waals surface area contributed by atoms with Crippen LogP contribution in [-0.2, 0) is 13.2 Å². The van der Waals surface area contributed by atoms with E-state index in [2.05, 4.69) is 20.8 Å². The Morgan fingerprint density at radius 2 is 1.97 bits per heavy atom. The summed E-state index contributed by atoms with van der Waals surface area (Å²) < 4.78 is 21.3. The van der Waals surface area contributed by atoms with E-state index in [4.69, 9.17) is 16.3 Å². The third-order valence-corrected chi connectivity index (χ3v) is 5.90. The van der Waals surface area contributed by atoms with Gasteiger partial charge in [0.15, 0.2) is 0 Å². The first-order valence-electron chi connectivity index (χ1n) is 10.9. The molecule has 5 nitrogen and oxygen atoms in total. The van der Waals surface area contributed by atoms with Crippen LogP contribution in [0, 0.1) is 17.1 Å². The fourth-order valence-electron chi connectivity index (χ4n) is 3.94. The number of ether oxygens (including phenoxy) is 1. The van der Waals surface area contributed by atoms with Gasteiger partial charge in [0, 0.05) is 40.5 Å². The average Bonchev–Trinajstić information content (AvgIpc) is 3.51. The molecule has 0 bridgehead atoms. The van der Waals surface area contributed by atoms with Crippen LogP contribution in [0.15, 0.2) is 85.3 Å². The largest absolute Gasteiger partial charge is 0.489 e. The smallest absolute Gasteiger partial charge is 0.123 e. The minimum Gasteiger partial charge on any atom is -0.489 e. The highest BCUT2D eigenvalue weighted by atomic mass is 35.5. The van der Waals surface area contributed by atoms with Crippen molar-refractivity contribution < 1.29 is 9.13 Å². The number of fused-ring (bicyclic) bond motifs is 1. The molecule has 0 amide bonds. The molecule has 5 aromatic rings. The van der Waals surface area contributed by atoms with Crippen LogP contribution in [0.3, 0.4) is 0 Å². The van der Waals surface area contributed by atoms with E-state index in [0.717, 1.165) is 33.2 Å². The van der Waals surface area contributed by atoms with E-state index in [-0.39, 0.29) is 5.82 Å². The van der Waals surface area contributed by atoms with Gasteiger partial charge in [-0.3, -0.25) is 5.10 Å². The molecule has 1 N–H and O–H groups in total. The Morgan fingerprint density at radius 3 is 2.74 bits per heavy atom. The predicted octanol–water partition coefficient (Wildman–Crippen LogP) is 6.85. The number of allylic oxidation sites excluding steroid dienone is 1. The molecular formula is C28H20ClFN4O. The highest BCUT2D eigenvalue weighted by Crippen LogP contribution is 2.30. The number of hydrogen-bond acceptors (Lipinski definition) is 3. The molecule has 35 heavy (non-hydrogen) atoms. The molecule has 0 radical (unpaired) electrons. The number of aromatic nitrogens is 3. The molecule has 0 aliphatic rings. The normalized spacial score (nSPS) is 11.5. The van der Waals surface area contributed by atoms with Crippen LogP contribution < -0.4 is 4.74 Å². The molecule has 0 saturated carbocycles. The number of nitrogens with one attached hydrogen (secondary N) is 1. The molecule has 0 unspecified atom stereocenters. The van der Waals surface area contributed by atoms with Gasteiger partial charge >= 0.3 is 0 Å². The maximum atomic E-state index is 13.4. The Bertz CT molecular complexity index is 1550. The third-order valence-electron chi connectivity index (χ3n) is 5.67. The van der Waals surface area contributed by atoms with Gasteiger partial charge in [-0.25, -0.2) is 4.39 Å². The molecule has 0 aliphatic heterocycles. The Labute approximate surface area is 206 Å². The minimum absolute atomic E-state index is 0.271. The average molecular weight is 483 g/mol. The van der Waals surface area contributed by atoms with Gasteiger partial charge in [0.05, 0.1) is 23.4 Å². The van der Waals surface area contributed by atoms with Gasteiger partial charge in [-0.2, -0.15) is 10.4 Å². The second-order valence-electron chi connectivity index (χ2n) is 8.09. The highest BCUT2D eigenvalue weighted by Gasteiger charge is 2.11. The second kappa shape index (κ2) is 9.88. The molecule has 172 valence electrons. The molecule has 0 fully saturated rings. The number of benzene rings is 3. The van der Waals surface area contributed by atoms with E-state index in [0.29, 0.717) is 29.5 Å². The fourth-order valence-corrected chi connectivity index (χ4v) is 4.10. The molecule has 3 aromatic carbocycles. The van der Waals surface area contributed by atoms with Crippen molar-refractivity contribution in [3.8, 4) is 11.8 Å². The predicted molar refractivity (Wildman–Crippen MR) is 135 cm³/mol. The first-order valence-corrected chi connectivity index (χ1v) is 11.3. The van der Waals surface area contributed by atoms with Crippen LogP contribution in [0.2, 0.25) is 5.02 Å². The summed E-state index contributed by atoms with van der Waals surface area (Å²) in [5, 5.41) is 18.2. The number of halogens is 2. The molecule has 0 aliphatic carbocycles. The van der Waals surface area contributed by atoms with E-state index in [1.54, 1.807) is 24.5 Å². The number of nitrogens with zero attached hydrogens (tertiary/aromatic N) is 3. The van der Waals surface area contributed by atoms with E-state index >= 15 is 0 Å². The number of nitriles is 1. The van der Waals surface area contributed by atoms with Crippen molar-refractivity contribution in [3.63, 3.8) is 0 Å². The van der Waals surface area contributed by atoms with Gasteiger partial charge < -0.3 is 9.30 Å². The van der Waals surface area contributed by atoms with Crippen LogP contribution in [0.4, 0.5) is 4.39 Å². The minimum atomic E-state index is -0.271. The molecule has 7 heteroatoms. The van der Waals surface area contributed by atoms with Crippen molar-refractivity contribution in [1.82, 2.24) is 14.8 Å². The SMILES string of the molecule is N#C/C(=C\c1cn(Cc2ccc(F)cc2)c2cc(Cl)ccc12)c1cccc(OCc2cn[nH]c2)c1. The van der Waals surface area contributed by atoms with Crippen molar-refractivity contribution in [3.05, 3.63) is 118 Å². The zero-order chi connectivity index (χ0) is 24.2. The standard InChI is InChI=1S/C28H20ClFN4O/c29-24-6-9-27-23(17-34(28(27)12-24)16-19-4-7-25(30)8-5-19)10-22(13-31)21-2-1-3-26(11-21)35-18-20-14-32-33-15-20/h1-12,14-15,17H,16,18H2,(H,32,33)/b22-10+. The van der Waals surface area contributed by atoms with E-state index in [1.807, 2.05) is 54.7 Å². The van der Waals surface area contributed by atoms with Crippen molar-refractivity contribution in [1.29, 1.82) is 5.26 Å². The molecule has 0 spiro atoms. The van der Waals surface area contributed by atoms with Gasteiger partial charge in [-0.15, -0.1) is 0 Å². The monoisotopic (exact) mass is 482 g/mol. The zero-order valence-electron chi connectivity index (χ0n) is 18.6. The van der Waals surface area contributed by atoms with Crippen molar-refractivity contribution in [2.24, 2.45) is 0 Å². The fraction of sp³-hybridized carbons (Fsp3) is 0.0714. The summed E-state index contributed by atoms with van der Waals surface area (Å²) in [6.07, 6.45) is 7.34. The van der Waals surface area contributed by atoms with E-state index in [9.17, 15) is 9.65 Å². The zero-order valence-corrected chi connectivity index (χ0v) is 19.3. The van der Waals surface area contributed by atoms with Crippen LogP contribution >= 0.6 is 11.6 Å². The lowest BCUT2D eigenvalue weighted by atomic mass is 10.0. The molecular weight excluding hydrogens is 463 g/mol. The second-order valence-corrected chi connectivity index (χ2v) is 8.53. The first kappa shape index (κ1) is 22.5. The Kier molecular flexibility index (Phi) is 6.34. The van der Waals surface area contributed by atoms with Gasteiger partial charge in [-0.1, -0.05) is 41.9 Å². The maximum Gasteiger partial charge on any atom is 0.123 e. The van der Waals surface area contributed by atoms with Crippen LogP contribution in [0.5, 0.6) is 5.75 Å². The van der Waals surface area contributed by atoms with Crippen LogP contribution in [-0.4, -0.2) is 14.8 Å². The number of aromatic amines is 1. The molecule has 2 aromatic heterocycles. The molecule has 0 atom stereocenters. The van der Waals surface area contributed by atoms with Gasteiger partial charge in [-0.05, 0) is 53.6 Å². The first-order chi connectivity index (χ1) is 17.1. The summed E-state index contributed by atoms with van der Waals surface area (Å²) >= 11 is 6.29. The number of rotatable bonds is 7. The van der Waals surface area contributed by atoms with E-state index in [1.165, 1.54) is 12.1 Å². The lowest BCUT2D eigenvalue weighted by Gasteiger charge is -2.06. The van der Waals surface area contributed by atoms with Crippen LogP contribution in [0.1, 0.15) is 22.3 Å². The lowest BCUT2D eigenvalue weighted by molar-refractivity contribution is 0.306. The topological polar surface area (TPSA) is 66.6 Å². The van der Waals surface area contributed by atoms with Gasteiger partial charge in [0.25, 0.3) is 0 Å². The number of hydrogen-bond donors (Lipinski definition) is 1. The van der Waals surface area contributed by atoms with Crippen molar-refractivity contribution in [2.45, 2.75) is 13.2 Å². The van der Waals surface area contributed by atoms with Gasteiger partial charge in [0.1, 0.15) is 18.2 Å². The third kappa shape index (κ3) is 5.11. The van der Waals surface area contributed by atoms with Crippen molar-refractivity contribution in [2.75, 3.05) is 0 Å². The maximum absolute atomic E-state index is 13.4. The quantitative estimate of drug-likeness (QED) is 0.258. The summed E-state index contributed by atoms with van der Waals surface area (Å²) in [5.74, 6) is 0.391. The molecule has 5 rings (SSSR count). The number of H-pyrrole nitrogens is 1.